The van der Waals surface area contributed by atoms with Crippen molar-refractivity contribution in [3.05, 3.63) is 18.2 Å². The van der Waals surface area contributed by atoms with E-state index >= 15 is 0 Å². The largest absolute Gasteiger partial charge is 0.338 e. The van der Waals surface area contributed by atoms with E-state index in [0.29, 0.717) is 6.04 Å². The van der Waals surface area contributed by atoms with Gasteiger partial charge in [-0.15, -0.1) is 0 Å². The Balaban J connectivity index is 1.39. The SMILES string of the molecule is Cn1ccnc1CCNC1CCN(C2CC2)C1. The first-order chi connectivity index (χ1) is 8.33. The van der Waals surface area contributed by atoms with E-state index in [0.717, 1.165) is 19.0 Å². The third-order valence-corrected chi connectivity index (χ3v) is 3.99. The van der Waals surface area contributed by atoms with Crippen LogP contribution in [0.5, 0.6) is 0 Å². The van der Waals surface area contributed by atoms with Crippen molar-refractivity contribution in [3.8, 4) is 0 Å². The molecule has 0 amide bonds. The van der Waals surface area contributed by atoms with Crippen LogP contribution in [0.4, 0.5) is 0 Å². The third kappa shape index (κ3) is 2.69. The highest BCUT2D eigenvalue weighted by molar-refractivity contribution is 4.94. The molecule has 1 saturated heterocycles. The van der Waals surface area contributed by atoms with Crippen molar-refractivity contribution >= 4 is 0 Å². The van der Waals surface area contributed by atoms with E-state index in [2.05, 4.69) is 26.8 Å². The second-order valence-corrected chi connectivity index (χ2v) is 5.37. The quantitative estimate of drug-likeness (QED) is 0.817. The zero-order chi connectivity index (χ0) is 11.7. The molecule has 1 N–H and O–H groups in total. The van der Waals surface area contributed by atoms with Crippen molar-refractivity contribution in [2.45, 2.75) is 37.8 Å². The molecule has 1 aromatic heterocycles. The fourth-order valence-corrected chi connectivity index (χ4v) is 2.75. The van der Waals surface area contributed by atoms with Crippen LogP contribution in [0.1, 0.15) is 25.1 Å². The molecule has 94 valence electrons. The van der Waals surface area contributed by atoms with Crippen LogP contribution in [0.25, 0.3) is 0 Å². The Morgan fingerprint density at radius 1 is 1.41 bits per heavy atom. The van der Waals surface area contributed by atoms with Gasteiger partial charge in [-0.3, -0.25) is 4.90 Å². The van der Waals surface area contributed by atoms with Crippen LogP contribution >= 0.6 is 0 Å². The minimum Gasteiger partial charge on any atom is -0.338 e. The van der Waals surface area contributed by atoms with Crippen molar-refractivity contribution in [2.75, 3.05) is 19.6 Å². The summed E-state index contributed by atoms with van der Waals surface area (Å²) in [5.74, 6) is 1.18. The van der Waals surface area contributed by atoms with Gasteiger partial charge in [0.1, 0.15) is 5.82 Å². The molecule has 4 nitrogen and oxygen atoms in total. The Hall–Kier alpha value is -0.870. The molecule has 1 atom stereocenters. The van der Waals surface area contributed by atoms with E-state index in [1.165, 1.54) is 38.2 Å². The van der Waals surface area contributed by atoms with Gasteiger partial charge in [0.2, 0.25) is 0 Å². The van der Waals surface area contributed by atoms with Gasteiger partial charge in [-0.1, -0.05) is 0 Å². The van der Waals surface area contributed by atoms with Gasteiger partial charge in [0, 0.05) is 57.6 Å². The number of nitrogens with one attached hydrogen (secondary N) is 1. The van der Waals surface area contributed by atoms with Gasteiger partial charge in [-0.25, -0.2) is 4.98 Å². The predicted molar refractivity (Wildman–Crippen MR) is 67.9 cm³/mol. The molecule has 0 radical (unpaired) electrons. The molecule has 0 spiro atoms. The van der Waals surface area contributed by atoms with E-state index in [1.807, 2.05) is 12.4 Å². The molecular weight excluding hydrogens is 212 g/mol. The smallest absolute Gasteiger partial charge is 0.109 e. The summed E-state index contributed by atoms with van der Waals surface area (Å²) in [5.41, 5.74) is 0. The van der Waals surface area contributed by atoms with E-state index in [1.54, 1.807) is 0 Å². The molecule has 1 aromatic rings. The maximum Gasteiger partial charge on any atom is 0.109 e. The number of aryl methyl sites for hydroxylation is 1. The summed E-state index contributed by atoms with van der Waals surface area (Å²) in [4.78, 5) is 7.00. The predicted octanol–water partition coefficient (Wildman–Crippen LogP) is 0.789. The maximum atomic E-state index is 4.35. The average molecular weight is 234 g/mol. The van der Waals surface area contributed by atoms with Crippen LogP contribution in [-0.4, -0.2) is 46.2 Å². The second-order valence-electron chi connectivity index (χ2n) is 5.37. The van der Waals surface area contributed by atoms with Gasteiger partial charge >= 0.3 is 0 Å². The molecule has 2 fully saturated rings. The Kier molecular flexibility index (Phi) is 3.16. The monoisotopic (exact) mass is 234 g/mol. The lowest BCUT2D eigenvalue weighted by Gasteiger charge is -2.15. The van der Waals surface area contributed by atoms with Crippen LogP contribution in [0, 0.1) is 0 Å². The summed E-state index contributed by atoms with van der Waals surface area (Å²) in [6, 6.07) is 1.63. The Labute approximate surface area is 103 Å². The number of imidazole rings is 1. The summed E-state index contributed by atoms with van der Waals surface area (Å²) in [6.45, 7) is 3.60. The first kappa shape index (κ1) is 11.2. The lowest BCUT2D eigenvalue weighted by Crippen LogP contribution is -2.34. The molecule has 4 heteroatoms. The molecule has 2 aliphatic rings. The Morgan fingerprint density at radius 2 is 2.29 bits per heavy atom. The number of rotatable bonds is 5. The van der Waals surface area contributed by atoms with Crippen LogP contribution < -0.4 is 5.32 Å². The molecule has 1 aliphatic heterocycles. The summed E-state index contributed by atoms with van der Waals surface area (Å²) in [7, 11) is 2.06. The normalized spacial score (nSPS) is 25.6. The molecule has 17 heavy (non-hydrogen) atoms. The number of likely N-dealkylation sites (tertiary alicyclic amines) is 1. The van der Waals surface area contributed by atoms with E-state index < -0.39 is 0 Å². The lowest BCUT2D eigenvalue weighted by atomic mass is 10.2. The second kappa shape index (κ2) is 4.78. The molecule has 1 unspecified atom stereocenters. The Morgan fingerprint density at radius 3 is 3.00 bits per heavy atom. The molecule has 3 rings (SSSR count). The van der Waals surface area contributed by atoms with Crippen molar-refractivity contribution in [3.63, 3.8) is 0 Å². The number of aromatic nitrogens is 2. The maximum absolute atomic E-state index is 4.35. The molecular formula is C13H22N4. The third-order valence-electron chi connectivity index (χ3n) is 3.99. The van der Waals surface area contributed by atoms with Gasteiger partial charge in [0.05, 0.1) is 0 Å². The highest BCUT2D eigenvalue weighted by atomic mass is 15.2. The van der Waals surface area contributed by atoms with Gasteiger partial charge in [-0.05, 0) is 19.3 Å². The molecule has 0 aromatic carbocycles. The first-order valence-corrected chi connectivity index (χ1v) is 6.76. The standard InChI is InChI=1S/C13H22N4/c1-16-9-7-15-13(16)4-6-14-11-5-8-17(10-11)12-2-3-12/h7,9,11-12,14H,2-6,8,10H2,1H3. The molecule has 2 heterocycles. The number of hydrogen-bond acceptors (Lipinski definition) is 3. The van der Waals surface area contributed by atoms with Crippen molar-refractivity contribution in [1.29, 1.82) is 0 Å². The number of hydrogen-bond donors (Lipinski definition) is 1. The average Bonchev–Trinajstić information content (AvgIpc) is 2.94. The highest BCUT2D eigenvalue weighted by Gasteiger charge is 2.33. The fourth-order valence-electron chi connectivity index (χ4n) is 2.75. The van der Waals surface area contributed by atoms with Crippen LogP contribution in [0.3, 0.4) is 0 Å². The van der Waals surface area contributed by atoms with E-state index in [-0.39, 0.29) is 0 Å². The van der Waals surface area contributed by atoms with Crippen molar-refractivity contribution < 1.29 is 0 Å². The molecule has 0 bridgehead atoms. The fraction of sp³-hybridized carbons (Fsp3) is 0.769. The van der Waals surface area contributed by atoms with Gasteiger partial charge in [-0.2, -0.15) is 0 Å². The Bertz CT molecular complexity index is 369. The minimum atomic E-state index is 0.705. The van der Waals surface area contributed by atoms with Crippen molar-refractivity contribution in [2.24, 2.45) is 7.05 Å². The van der Waals surface area contributed by atoms with Gasteiger partial charge in [0.15, 0.2) is 0 Å². The zero-order valence-corrected chi connectivity index (χ0v) is 10.6. The molecule has 1 aliphatic carbocycles. The van der Waals surface area contributed by atoms with E-state index in [9.17, 15) is 0 Å². The van der Waals surface area contributed by atoms with Crippen LogP contribution in [0.15, 0.2) is 12.4 Å². The summed E-state index contributed by atoms with van der Waals surface area (Å²) >= 11 is 0. The topological polar surface area (TPSA) is 33.1 Å². The van der Waals surface area contributed by atoms with Crippen LogP contribution in [-0.2, 0) is 13.5 Å². The minimum absolute atomic E-state index is 0.705. The first-order valence-electron chi connectivity index (χ1n) is 6.76. The summed E-state index contributed by atoms with van der Waals surface area (Å²) in [5, 5.41) is 3.66. The summed E-state index contributed by atoms with van der Waals surface area (Å²) in [6.07, 6.45) is 9.10. The lowest BCUT2D eigenvalue weighted by molar-refractivity contribution is 0.317. The van der Waals surface area contributed by atoms with Gasteiger partial charge in [0.25, 0.3) is 0 Å². The van der Waals surface area contributed by atoms with Gasteiger partial charge < -0.3 is 9.88 Å². The highest BCUT2D eigenvalue weighted by Crippen LogP contribution is 2.29. The molecule has 1 saturated carbocycles. The van der Waals surface area contributed by atoms with E-state index in [4.69, 9.17) is 0 Å². The van der Waals surface area contributed by atoms with Crippen LogP contribution in [0.2, 0.25) is 0 Å². The van der Waals surface area contributed by atoms with Crippen molar-refractivity contribution in [1.82, 2.24) is 19.8 Å². The summed E-state index contributed by atoms with van der Waals surface area (Å²) < 4.78 is 2.10. The number of nitrogens with zero attached hydrogens (tertiary/aromatic N) is 3. The zero-order valence-electron chi connectivity index (χ0n) is 10.6.